The molecule has 2 heterocycles. The van der Waals surface area contributed by atoms with Gasteiger partial charge in [0.05, 0.1) is 12.5 Å². The zero-order valence-corrected chi connectivity index (χ0v) is 14.1. The molecule has 1 saturated heterocycles. The third kappa shape index (κ3) is 4.45. The van der Waals surface area contributed by atoms with Crippen molar-refractivity contribution in [3.05, 3.63) is 42.2 Å². The first kappa shape index (κ1) is 16.7. The van der Waals surface area contributed by atoms with E-state index in [0.717, 1.165) is 49.3 Å². The van der Waals surface area contributed by atoms with Crippen molar-refractivity contribution in [1.82, 2.24) is 10.1 Å². The van der Waals surface area contributed by atoms with E-state index in [2.05, 4.69) is 5.16 Å². The predicted octanol–water partition coefficient (Wildman–Crippen LogP) is 3.30. The second-order valence-corrected chi connectivity index (χ2v) is 6.30. The van der Waals surface area contributed by atoms with Gasteiger partial charge in [-0.15, -0.1) is 0 Å². The van der Waals surface area contributed by atoms with Gasteiger partial charge in [-0.05, 0) is 19.3 Å². The zero-order chi connectivity index (χ0) is 16.8. The van der Waals surface area contributed by atoms with E-state index in [1.807, 2.05) is 43.4 Å². The molecule has 0 radical (unpaired) electrons. The third-order valence-electron chi connectivity index (χ3n) is 4.40. The molecule has 24 heavy (non-hydrogen) atoms. The molecule has 2 aromatic rings. The monoisotopic (exact) mass is 328 g/mol. The number of aryl methyl sites for hydroxylation is 1. The Hall–Kier alpha value is -2.14. The van der Waals surface area contributed by atoms with Gasteiger partial charge >= 0.3 is 0 Å². The van der Waals surface area contributed by atoms with Crippen molar-refractivity contribution in [2.45, 2.75) is 38.2 Å². The van der Waals surface area contributed by atoms with Crippen LogP contribution >= 0.6 is 0 Å². The summed E-state index contributed by atoms with van der Waals surface area (Å²) >= 11 is 0. The summed E-state index contributed by atoms with van der Waals surface area (Å²) in [7, 11) is 1.85. The van der Waals surface area contributed by atoms with Gasteiger partial charge < -0.3 is 14.2 Å². The van der Waals surface area contributed by atoms with E-state index in [9.17, 15) is 4.79 Å². The van der Waals surface area contributed by atoms with E-state index >= 15 is 0 Å². The third-order valence-corrected chi connectivity index (χ3v) is 4.40. The van der Waals surface area contributed by atoms with Crippen molar-refractivity contribution < 1.29 is 14.1 Å². The fourth-order valence-electron chi connectivity index (χ4n) is 2.95. The lowest BCUT2D eigenvalue weighted by atomic mass is 10.1. The second kappa shape index (κ2) is 8.11. The number of benzene rings is 1. The molecule has 1 aliphatic rings. The van der Waals surface area contributed by atoms with Crippen molar-refractivity contribution in [2.24, 2.45) is 0 Å². The summed E-state index contributed by atoms with van der Waals surface area (Å²) in [6.45, 7) is 1.50. The fraction of sp³-hybridized carbons (Fsp3) is 0.474. The van der Waals surface area contributed by atoms with E-state index in [4.69, 9.17) is 9.26 Å². The number of ether oxygens (including phenoxy) is 1. The molecule has 1 fully saturated rings. The highest BCUT2D eigenvalue weighted by Crippen LogP contribution is 2.19. The average molecular weight is 328 g/mol. The highest BCUT2D eigenvalue weighted by molar-refractivity contribution is 5.76. The lowest BCUT2D eigenvalue weighted by molar-refractivity contribution is -0.132. The first-order valence-corrected chi connectivity index (χ1v) is 8.59. The summed E-state index contributed by atoms with van der Waals surface area (Å²) in [5, 5.41) is 4.12. The van der Waals surface area contributed by atoms with Gasteiger partial charge in [0.25, 0.3) is 0 Å². The normalized spacial score (nSPS) is 17.1. The van der Waals surface area contributed by atoms with Crippen LogP contribution < -0.4 is 0 Å². The highest BCUT2D eigenvalue weighted by atomic mass is 16.5. The number of carbonyl (C=O) groups is 1. The van der Waals surface area contributed by atoms with Crippen LogP contribution in [-0.4, -0.2) is 42.3 Å². The Balaban J connectivity index is 1.43. The van der Waals surface area contributed by atoms with E-state index in [-0.39, 0.29) is 12.0 Å². The first-order valence-electron chi connectivity index (χ1n) is 8.59. The zero-order valence-electron chi connectivity index (χ0n) is 14.1. The van der Waals surface area contributed by atoms with Crippen LogP contribution in [0.1, 0.15) is 31.4 Å². The van der Waals surface area contributed by atoms with Gasteiger partial charge in [0.15, 0.2) is 0 Å². The molecule has 0 spiro atoms. The van der Waals surface area contributed by atoms with Gasteiger partial charge in [-0.1, -0.05) is 35.5 Å². The molecule has 1 atom stereocenters. The Labute approximate surface area is 142 Å². The second-order valence-electron chi connectivity index (χ2n) is 6.30. The molecule has 1 amide bonds. The number of rotatable bonds is 7. The summed E-state index contributed by atoms with van der Waals surface area (Å²) in [5.41, 5.74) is 1.91. The summed E-state index contributed by atoms with van der Waals surface area (Å²) in [6, 6.07) is 12.0. The van der Waals surface area contributed by atoms with E-state index in [1.165, 1.54) is 0 Å². The molecule has 0 N–H and O–H groups in total. The molecule has 0 aliphatic carbocycles. The molecule has 5 nitrogen and oxygen atoms in total. The summed E-state index contributed by atoms with van der Waals surface area (Å²) in [4.78, 5) is 13.9. The van der Waals surface area contributed by atoms with Gasteiger partial charge in [-0.25, -0.2) is 0 Å². The van der Waals surface area contributed by atoms with Crippen LogP contribution in [0.2, 0.25) is 0 Å². The van der Waals surface area contributed by atoms with E-state index in [0.29, 0.717) is 13.0 Å². The van der Waals surface area contributed by atoms with Crippen LogP contribution in [0.25, 0.3) is 11.3 Å². The largest absolute Gasteiger partial charge is 0.378 e. The molecular formula is C19H24N2O3. The van der Waals surface area contributed by atoms with Gasteiger partial charge in [0.2, 0.25) is 5.91 Å². The maximum absolute atomic E-state index is 12.1. The van der Waals surface area contributed by atoms with Crippen LogP contribution in [0.3, 0.4) is 0 Å². The van der Waals surface area contributed by atoms with Gasteiger partial charge in [0.1, 0.15) is 11.5 Å². The maximum Gasteiger partial charge on any atom is 0.224 e. The van der Waals surface area contributed by atoms with Crippen molar-refractivity contribution in [3.8, 4) is 11.3 Å². The van der Waals surface area contributed by atoms with Crippen LogP contribution in [0.4, 0.5) is 0 Å². The minimum absolute atomic E-state index is 0.114. The maximum atomic E-state index is 12.1. The van der Waals surface area contributed by atoms with Crippen LogP contribution in [0.15, 0.2) is 40.9 Å². The minimum Gasteiger partial charge on any atom is -0.378 e. The standard InChI is InChI=1S/C19H24N2O3/c1-21(19(22)14-16-10-6-12-23-16)11-5-9-17-13-18(20-24-17)15-7-3-2-4-8-15/h2-4,7-8,13,16H,5-6,9-12,14H2,1H3/t16-/m1/s1. The molecule has 0 unspecified atom stereocenters. The summed E-state index contributed by atoms with van der Waals surface area (Å²) in [6.07, 6.45) is 4.31. The summed E-state index contributed by atoms with van der Waals surface area (Å²) < 4.78 is 10.9. The van der Waals surface area contributed by atoms with E-state index in [1.54, 1.807) is 4.90 Å². The number of hydrogen-bond acceptors (Lipinski definition) is 4. The van der Waals surface area contributed by atoms with Crippen molar-refractivity contribution in [2.75, 3.05) is 20.2 Å². The van der Waals surface area contributed by atoms with Crippen LogP contribution in [0.5, 0.6) is 0 Å². The topological polar surface area (TPSA) is 55.6 Å². The van der Waals surface area contributed by atoms with E-state index < -0.39 is 0 Å². The first-order chi connectivity index (χ1) is 11.7. The molecule has 0 bridgehead atoms. The number of aromatic nitrogens is 1. The van der Waals surface area contributed by atoms with Gasteiger partial charge in [-0.2, -0.15) is 0 Å². The smallest absolute Gasteiger partial charge is 0.224 e. The predicted molar refractivity (Wildman–Crippen MR) is 91.5 cm³/mol. The SMILES string of the molecule is CN(CCCc1cc(-c2ccccc2)no1)C(=O)C[C@H]1CCCO1. The van der Waals surface area contributed by atoms with Crippen molar-refractivity contribution >= 4 is 5.91 Å². The molecule has 1 aromatic heterocycles. The van der Waals surface area contributed by atoms with Crippen LogP contribution in [0, 0.1) is 0 Å². The number of carbonyl (C=O) groups excluding carboxylic acids is 1. The Morgan fingerprint density at radius 1 is 1.33 bits per heavy atom. The number of hydrogen-bond donors (Lipinski definition) is 0. The van der Waals surface area contributed by atoms with Gasteiger partial charge in [0, 0.05) is 38.2 Å². The molecular weight excluding hydrogens is 304 g/mol. The molecule has 128 valence electrons. The summed E-state index contributed by atoms with van der Waals surface area (Å²) in [5.74, 6) is 1.01. The van der Waals surface area contributed by atoms with Crippen LogP contribution in [-0.2, 0) is 16.0 Å². The Morgan fingerprint density at radius 2 is 2.17 bits per heavy atom. The lowest BCUT2D eigenvalue weighted by Crippen LogP contribution is -2.30. The quantitative estimate of drug-likeness (QED) is 0.782. The molecule has 5 heteroatoms. The van der Waals surface area contributed by atoms with Crippen molar-refractivity contribution in [3.63, 3.8) is 0 Å². The lowest BCUT2D eigenvalue weighted by Gasteiger charge is -2.18. The Morgan fingerprint density at radius 3 is 2.92 bits per heavy atom. The average Bonchev–Trinajstić information content (AvgIpc) is 3.27. The molecule has 1 aromatic carbocycles. The Kier molecular flexibility index (Phi) is 5.64. The molecule has 3 rings (SSSR count). The fourth-order valence-corrected chi connectivity index (χ4v) is 2.95. The molecule has 0 saturated carbocycles. The Bertz CT molecular complexity index is 648. The highest BCUT2D eigenvalue weighted by Gasteiger charge is 2.21. The van der Waals surface area contributed by atoms with Gasteiger partial charge in [-0.3, -0.25) is 4.79 Å². The van der Waals surface area contributed by atoms with Crippen molar-refractivity contribution in [1.29, 1.82) is 0 Å². The number of amides is 1. The number of nitrogens with zero attached hydrogens (tertiary/aromatic N) is 2. The molecule has 1 aliphatic heterocycles. The minimum atomic E-state index is 0.114.